The van der Waals surface area contributed by atoms with Gasteiger partial charge in [-0.25, -0.2) is 0 Å². The van der Waals surface area contributed by atoms with E-state index in [-0.39, 0.29) is 18.9 Å². The SMILES string of the molecule is NC(=O)CCN(Cc1ccccc1)C(=O)C=Cc1ccc(Cl)cc1Cl. The van der Waals surface area contributed by atoms with Crippen LogP contribution in [0.5, 0.6) is 0 Å². The number of hydrogen-bond donors (Lipinski definition) is 1. The van der Waals surface area contributed by atoms with Crippen LogP contribution >= 0.6 is 23.2 Å². The van der Waals surface area contributed by atoms with Crippen molar-refractivity contribution in [1.29, 1.82) is 0 Å². The van der Waals surface area contributed by atoms with Crippen molar-refractivity contribution < 1.29 is 9.59 Å². The maximum atomic E-state index is 12.5. The summed E-state index contributed by atoms with van der Waals surface area (Å²) in [5.74, 6) is -0.674. The van der Waals surface area contributed by atoms with Crippen LogP contribution in [0.2, 0.25) is 10.0 Å². The van der Waals surface area contributed by atoms with Gasteiger partial charge in [0.15, 0.2) is 0 Å². The average molecular weight is 377 g/mol. The summed E-state index contributed by atoms with van der Waals surface area (Å²) >= 11 is 12.0. The molecule has 2 rings (SSSR count). The smallest absolute Gasteiger partial charge is 0.246 e. The van der Waals surface area contributed by atoms with Crippen molar-refractivity contribution in [2.45, 2.75) is 13.0 Å². The first kappa shape index (κ1) is 19.0. The summed E-state index contributed by atoms with van der Waals surface area (Å²) < 4.78 is 0. The number of carbonyl (C=O) groups excluding carboxylic acids is 2. The van der Waals surface area contributed by atoms with E-state index in [1.54, 1.807) is 29.2 Å². The highest BCUT2D eigenvalue weighted by Crippen LogP contribution is 2.22. The van der Waals surface area contributed by atoms with Crippen molar-refractivity contribution in [3.05, 3.63) is 75.8 Å². The van der Waals surface area contributed by atoms with E-state index in [4.69, 9.17) is 28.9 Å². The zero-order valence-electron chi connectivity index (χ0n) is 13.5. The van der Waals surface area contributed by atoms with E-state index in [1.807, 2.05) is 30.3 Å². The predicted octanol–water partition coefficient (Wildman–Crippen LogP) is 3.91. The highest BCUT2D eigenvalue weighted by molar-refractivity contribution is 6.35. The van der Waals surface area contributed by atoms with E-state index in [1.165, 1.54) is 6.08 Å². The normalized spacial score (nSPS) is 10.8. The van der Waals surface area contributed by atoms with Crippen molar-refractivity contribution in [2.75, 3.05) is 6.54 Å². The fourth-order valence-electron chi connectivity index (χ4n) is 2.22. The van der Waals surface area contributed by atoms with Gasteiger partial charge in [0.1, 0.15) is 0 Å². The molecule has 0 radical (unpaired) electrons. The predicted molar refractivity (Wildman–Crippen MR) is 101 cm³/mol. The second kappa shape index (κ2) is 9.25. The molecule has 2 N–H and O–H groups in total. The highest BCUT2D eigenvalue weighted by Gasteiger charge is 2.12. The van der Waals surface area contributed by atoms with Gasteiger partial charge < -0.3 is 10.6 Å². The van der Waals surface area contributed by atoms with Gasteiger partial charge in [-0.05, 0) is 29.3 Å². The second-order valence-electron chi connectivity index (χ2n) is 5.46. The summed E-state index contributed by atoms with van der Waals surface area (Å²) in [4.78, 5) is 25.2. The zero-order valence-corrected chi connectivity index (χ0v) is 15.0. The van der Waals surface area contributed by atoms with E-state index in [2.05, 4.69) is 0 Å². The Morgan fingerprint density at radius 2 is 1.80 bits per heavy atom. The van der Waals surface area contributed by atoms with E-state index >= 15 is 0 Å². The van der Waals surface area contributed by atoms with Crippen molar-refractivity contribution >= 4 is 41.1 Å². The van der Waals surface area contributed by atoms with Crippen LogP contribution in [0, 0.1) is 0 Å². The molecule has 130 valence electrons. The van der Waals surface area contributed by atoms with Crippen LogP contribution in [0.1, 0.15) is 17.5 Å². The first-order valence-electron chi connectivity index (χ1n) is 7.70. The molecule has 4 nitrogen and oxygen atoms in total. The summed E-state index contributed by atoms with van der Waals surface area (Å²) in [5.41, 5.74) is 6.87. The minimum Gasteiger partial charge on any atom is -0.370 e. The van der Waals surface area contributed by atoms with Gasteiger partial charge in [0.05, 0.1) is 0 Å². The largest absolute Gasteiger partial charge is 0.370 e. The van der Waals surface area contributed by atoms with E-state index < -0.39 is 5.91 Å². The Hall–Kier alpha value is -2.30. The molecule has 0 unspecified atom stereocenters. The average Bonchev–Trinajstić information content (AvgIpc) is 2.58. The molecule has 0 spiro atoms. The van der Waals surface area contributed by atoms with E-state index in [9.17, 15) is 9.59 Å². The maximum absolute atomic E-state index is 12.5. The van der Waals surface area contributed by atoms with Crippen molar-refractivity contribution in [3.8, 4) is 0 Å². The molecule has 25 heavy (non-hydrogen) atoms. The molecule has 0 aliphatic carbocycles. The minimum atomic E-state index is -0.449. The lowest BCUT2D eigenvalue weighted by Gasteiger charge is -2.20. The number of benzene rings is 2. The molecule has 0 saturated heterocycles. The van der Waals surface area contributed by atoms with Crippen LogP contribution < -0.4 is 5.73 Å². The first-order chi connectivity index (χ1) is 12.0. The lowest BCUT2D eigenvalue weighted by Crippen LogP contribution is -2.32. The lowest BCUT2D eigenvalue weighted by molar-refractivity contribution is -0.127. The van der Waals surface area contributed by atoms with Gasteiger partial charge in [-0.1, -0.05) is 59.6 Å². The molecule has 2 aromatic carbocycles. The Labute approximate surface area is 156 Å². The Bertz CT molecular complexity index is 776. The van der Waals surface area contributed by atoms with E-state index in [0.29, 0.717) is 22.2 Å². The Morgan fingerprint density at radius 3 is 2.44 bits per heavy atom. The molecule has 0 bridgehead atoms. The topological polar surface area (TPSA) is 63.4 Å². The number of amides is 2. The van der Waals surface area contributed by atoms with Gasteiger partial charge in [-0.2, -0.15) is 0 Å². The summed E-state index contributed by atoms with van der Waals surface area (Å²) in [6.45, 7) is 0.646. The molecule has 0 heterocycles. The van der Waals surface area contributed by atoms with Gasteiger partial charge in [0, 0.05) is 35.6 Å². The summed E-state index contributed by atoms with van der Waals surface area (Å²) in [5, 5.41) is 0.990. The van der Waals surface area contributed by atoms with Crippen LogP contribution in [-0.2, 0) is 16.1 Å². The Morgan fingerprint density at radius 1 is 1.08 bits per heavy atom. The minimum absolute atomic E-state index is 0.105. The van der Waals surface area contributed by atoms with Crippen LogP contribution in [-0.4, -0.2) is 23.3 Å². The van der Waals surface area contributed by atoms with Gasteiger partial charge in [0.2, 0.25) is 11.8 Å². The van der Waals surface area contributed by atoms with Gasteiger partial charge in [0.25, 0.3) is 0 Å². The van der Waals surface area contributed by atoms with Crippen molar-refractivity contribution in [3.63, 3.8) is 0 Å². The number of carbonyl (C=O) groups is 2. The molecule has 0 fully saturated rings. The Balaban J connectivity index is 2.13. The molecule has 2 amide bonds. The molecule has 0 aromatic heterocycles. The maximum Gasteiger partial charge on any atom is 0.246 e. The second-order valence-corrected chi connectivity index (χ2v) is 6.30. The molecular weight excluding hydrogens is 359 g/mol. The standard InChI is InChI=1S/C19H18Cl2N2O2/c20-16-8-6-15(17(21)12-16)7-9-19(25)23(11-10-18(22)24)13-14-4-2-1-3-5-14/h1-9,12H,10-11,13H2,(H2,22,24). The number of halogens is 2. The zero-order chi connectivity index (χ0) is 18.2. The molecule has 6 heteroatoms. The van der Waals surface area contributed by atoms with Gasteiger partial charge in [-0.15, -0.1) is 0 Å². The van der Waals surface area contributed by atoms with Crippen LogP contribution in [0.25, 0.3) is 6.08 Å². The summed E-state index contributed by atoms with van der Waals surface area (Å²) in [6.07, 6.45) is 3.16. The Kier molecular flexibility index (Phi) is 7.04. The third-order valence-corrected chi connectivity index (χ3v) is 4.09. The van der Waals surface area contributed by atoms with Crippen molar-refractivity contribution in [2.24, 2.45) is 5.73 Å². The highest BCUT2D eigenvalue weighted by atomic mass is 35.5. The van der Waals surface area contributed by atoms with Crippen LogP contribution in [0.15, 0.2) is 54.6 Å². The summed E-state index contributed by atoms with van der Waals surface area (Å²) in [6, 6.07) is 14.6. The number of primary amides is 1. The fourth-order valence-corrected chi connectivity index (χ4v) is 2.69. The summed E-state index contributed by atoms with van der Waals surface area (Å²) in [7, 11) is 0. The monoisotopic (exact) mass is 376 g/mol. The van der Waals surface area contributed by atoms with Crippen LogP contribution in [0.4, 0.5) is 0 Å². The van der Waals surface area contributed by atoms with E-state index in [0.717, 1.165) is 5.56 Å². The quantitative estimate of drug-likeness (QED) is 0.744. The molecule has 0 saturated carbocycles. The molecule has 0 aliphatic rings. The first-order valence-corrected chi connectivity index (χ1v) is 8.45. The lowest BCUT2D eigenvalue weighted by atomic mass is 10.2. The molecular formula is C19H18Cl2N2O2. The fraction of sp³-hybridized carbons (Fsp3) is 0.158. The molecule has 2 aromatic rings. The van der Waals surface area contributed by atoms with Crippen LogP contribution in [0.3, 0.4) is 0 Å². The van der Waals surface area contributed by atoms with Crippen molar-refractivity contribution in [1.82, 2.24) is 4.90 Å². The number of nitrogens with zero attached hydrogens (tertiary/aromatic N) is 1. The number of nitrogens with two attached hydrogens (primary N) is 1. The third-order valence-electron chi connectivity index (χ3n) is 3.52. The van der Waals surface area contributed by atoms with Gasteiger partial charge in [-0.3, -0.25) is 9.59 Å². The van der Waals surface area contributed by atoms with Gasteiger partial charge >= 0.3 is 0 Å². The third kappa shape index (κ3) is 6.25. The molecule has 0 aliphatic heterocycles. The number of rotatable bonds is 7. The number of hydrogen-bond acceptors (Lipinski definition) is 2. The molecule has 0 atom stereocenters.